The van der Waals surface area contributed by atoms with Crippen molar-refractivity contribution in [2.75, 3.05) is 39.6 Å². The fourth-order valence-corrected chi connectivity index (χ4v) is 11.7. The van der Waals surface area contributed by atoms with Gasteiger partial charge in [0.1, 0.15) is 19.3 Å². The molecule has 0 saturated carbocycles. The van der Waals surface area contributed by atoms with Crippen LogP contribution in [0.25, 0.3) is 0 Å². The van der Waals surface area contributed by atoms with E-state index in [4.69, 9.17) is 37.0 Å². The zero-order valence-corrected chi connectivity index (χ0v) is 70.8. The summed E-state index contributed by atoms with van der Waals surface area (Å²) in [6.45, 7) is 4.30. The molecule has 630 valence electrons. The van der Waals surface area contributed by atoms with Gasteiger partial charge in [-0.15, -0.1) is 0 Å². The number of carbonyl (C=O) groups excluding carboxylic acids is 4. The third-order valence-corrected chi connectivity index (χ3v) is 18.3. The number of hydrogen-bond donors (Lipinski definition) is 3. The van der Waals surface area contributed by atoms with Gasteiger partial charge in [-0.05, 0) is 186 Å². The van der Waals surface area contributed by atoms with Crippen molar-refractivity contribution in [1.82, 2.24) is 0 Å². The standard InChI is InChI=1S/C93H146O17P2/c1-5-9-13-17-21-25-29-33-37-41-43-47-50-54-58-62-66-70-74-78-91(96)104-84-89(110-93(98)80-76-72-68-64-60-56-52-48-44-42-38-34-30-26-22-18-14-10-6-2)86-108-112(101,102)106-82-87(94)81-105-111(99,100)107-85-88(109-92(97)79-75-71-67-63-59-55-51-46-40-36-32-28-24-20-16-12-8-4)83-103-90(95)77-73-69-65-61-57-53-49-45-39-35-31-27-23-19-15-11-7-3/h9,11-13,15-16,21-28,33-40,43-44,47-49,51,53-55,58,61,63,65,67,87-89,94H,5-8,10,14,17-20,29-32,41-42,45-46,50,52,56-57,59-60,62,64,66,68-86H2,1-4H3,(H,99,100)(H,101,102)/b13-9-,15-11-,16-12-,25-21-,26-22-,27-23-,28-24-,37-33-,38-34-,39-35-,40-36-,47-43-,48-44-,53-49-,55-51-,58-54-,65-61-,67-63-. The molecule has 19 heteroatoms. The second-order valence-electron chi connectivity index (χ2n) is 26.9. The second-order valence-corrected chi connectivity index (χ2v) is 29.8. The fourth-order valence-electron chi connectivity index (χ4n) is 10.1. The van der Waals surface area contributed by atoms with Crippen LogP contribution in [0.5, 0.6) is 0 Å². The van der Waals surface area contributed by atoms with E-state index in [-0.39, 0.29) is 25.7 Å². The number of rotatable bonds is 76. The van der Waals surface area contributed by atoms with Crippen LogP contribution in [0.3, 0.4) is 0 Å². The first-order valence-electron chi connectivity index (χ1n) is 42.0. The van der Waals surface area contributed by atoms with Crippen molar-refractivity contribution in [3.63, 3.8) is 0 Å². The lowest BCUT2D eigenvalue weighted by molar-refractivity contribution is -0.161. The number of hydrogen-bond acceptors (Lipinski definition) is 15. The van der Waals surface area contributed by atoms with Crippen molar-refractivity contribution in [2.45, 2.75) is 303 Å². The number of ether oxygens (including phenoxy) is 4. The van der Waals surface area contributed by atoms with E-state index in [0.29, 0.717) is 38.5 Å². The molecular weight excluding hydrogens is 1450 g/mol. The molecule has 0 saturated heterocycles. The minimum atomic E-state index is -5.03. The average molecular weight is 1600 g/mol. The van der Waals surface area contributed by atoms with E-state index in [9.17, 15) is 43.2 Å². The van der Waals surface area contributed by atoms with Gasteiger partial charge in [-0.25, -0.2) is 9.13 Å². The van der Waals surface area contributed by atoms with E-state index in [2.05, 4.69) is 222 Å². The zero-order valence-electron chi connectivity index (χ0n) is 69.0. The lowest BCUT2D eigenvalue weighted by Crippen LogP contribution is -2.30. The van der Waals surface area contributed by atoms with Gasteiger partial charge in [0.25, 0.3) is 0 Å². The number of unbranched alkanes of at least 4 members (excludes halogenated alkanes) is 14. The highest BCUT2D eigenvalue weighted by Crippen LogP contribution is 2.45. The molecule has 0 aromatic carbocycles. The quantitative estimate of drug-likeness (QED) is 0.0169. The highest BCUT2D eigenvalue weighted by atomic mass is 31.2. The molecule has 0 aromatic rings. The number of aliphatic hydroxyl groups is 1. The molecule has 5 atom stereocenters. The van der Waals surface area contributed by atoms with Crippen molar-refractivity contribution < 1.29 is 80.2 Å². The molecule has 5 unspecified atom stereocenters. The number of allylic oxidation sites excluding steroid dienone is 36. The Morgan fingerprint density at radius 1 is 0.259 bits per heavy atom. The lowest BCUT2D eigenvalue weighted by atomic mass is 10.1. The van der Waals surface area contributed by atoms with E-state index in [1.54, 1.807) is 0 Å². The van der Waals surface area contributed by atoms with Crippen LogP contribution in [-0.4, -0.2) is 96.7 Å². The highest BCUT2D eigenvalue weighted by molar-refractivity contribution is 7.47. The molecule has 112 heavy (non-hydrogen) atoms. The van der Waals surface area contributed by atoms with Crippen LogP contribution in [0.15, 0.2) is 219 Å². The maximum absolute atomic E-state index is 13.1. The smallest absolute Gasteiger partial charge is 0.462 e. The maximum Gasteiger partial charge on any atom is 0.472 e. The van der Waals surface area contributed by atoms with E-state index in [1.807, 2.05) is 24.3 Å². The van der Waals surface area contributed by atoms with Gasteiger partial charge in [-0.1, -0.05) is 291 Å². The Hall–Kier alpha value is -6.62. The van der Waals surface area contributed by atoms with Gasteiger partial charge in [0, 0.05) is 25.7 Å². The topological polar surface area (TPSA) is 237 Å². The Balaban J connectivity index is 5.56. The molecule has 3 N–H and O–H groups in total. The number of phosphoric ester groups is 2. The van der Waals surface area contributed by atoms with Gasteiger partial charge in [0.05, 0.1) is 26.4 Å². The molecule has 0 spiro atoms. The van der Waals surface area contributed by atoms with Crippen LogP contribution < -0.4 is 0 Å². The first kappa shape index (κ1) is 105. The number of aliphatic hydroxyl groups excluding tert-OH is 1. The summed E-state index contributed by atoms with van der Waals surface area (Å²) in [4.78, 5) is 73.2. The van der Waals surface area contributed by atoms with E-state index >= 15 is 0 Å². The van der Waals surface area contributed by atoms with Gasteiger partial charge in [-0.2, -0.15) is 0 Å². The van der Waals surface area contributed by atoms with Crippen molar-refractivity contribution in [1.29, 1.82) is 0 Å². The van der Waals surface area contributed by atoms with Crippen LogP contribution in [0.4, 0.5) is 0 Å². The fraction of sp³-hybridized carbons (Fsp3) is 0.570. The monoisotopic (exact) mass is 1600 g/mol. The van der Waals surface area contributed by atoms with Gasteiger partial charge in [-0.3, -0.25) is 37.3 Å². The Bertz CT molecular complexity index is 2990. The van der Waals surface area contributed by atoms with E-state index in [0.717, 1.165) is 173 Å². The molecule has 0 aliphatic rings. The van der Waals surface area contributed by atoms with Crippen LogP contribution >= 0.6 is 15.6 Å². The van der Waals surface area contributed by atoms with Crippen molar-refractivity contribution >= 4 is 39.5 Å². The minimum Gasteiger partial charge on any atom is -0.462 e. The average Bonchev–Trinajstić information content (AvgIpc) is 0.898. The molecule has 0 aromatic heterocycles. The Morgan fingerprint density at radius 2 is 0.473 bits per heavy atom. The summed E-state index contributed by atoms with van der Waals surface area (Å²) in [6.07, 6.45) is 105. The number of carbonyl (C=O) groups is 4. The summed E-state index contributed by atoms with van der Waals surface area (Å²) < 4.78 is 68.6. The predicted octanol–water partition coefficient (Wildman–Crippen LogP) is 25.2. The zero-order chi connectivity index (χ0) is 81.7. The number of esters is 4. The summed E-state index contributed by atoms with van der Waals surface area (Å²) in [6, 6.07) is 0. The SMILES string of the molecule is CC/C=C\C/C=C\C/C=C\C/C=C\C/C=C\CCCCCC(=O)OCC(COP(=O)(O)OCC(O)COP(=O)(O)OCC(COC(=O)CCC/C=C\C/C=C\C/C=C\C/C=C\C/C=C\CC)OC(=O)CCC/C=C\C/C=C\C/C=C\C/C=C\C/C=C\CC)OC(=O)CCCCCCCC/C=C\C/C=C\C/C=C\CCCCC. The predicted molar refractivity (Wildman–Crippen MR) is 463 cm³/mol. The third-order valence-electron chi connectivity index (χ3n) is 16.4. The minimum absolute atomic E-state index is 0.00612. The first-order valence-corrected chi connectivity index (χ1v) is 45.0. The first-order chi connectivity index (χ1) is 54.7. The largest absolute Gasteiger partial charge is 0.472 e. The van der Waals surface area contributed by atoms with Crippen LogP contribution in [0.2, 0.25) is 0 Å². The molecule has 17 nitrogen and oxygen atoms in total. The van der Waals surface area contributed by atoms with Gasteiger partial charge < -0.3 is 33.8 Å². The third kappa shape index (κ3) is 81.4. The molecule has 0 amide bonds. The normalized spacial score (nSPS) is 14.9. The second kappa shape index (κ2) is 82.4. The van der Waals surface area contributed by atoms with Gasteiger partial charge >= 0.3 is 39.5 Å². The highest BCUT2D eigenvalue weighted by Gasteiger charge is 2.30. The molecule has 0 aliphatic heterocycles. The molecule has 0 rings (SSSR count). The molecule has 0 radical (unpaired) electrons. The number of phosphoric acid groups is 2. The van der Waals surface area contributed by atoms with Crippen molar-refractivity contribution in [3.05, 3.63) is 219 Å². The van der Waals surface area contributed by atoms with Crippen LogP contribution in [0, 0.1) is 0 Å². The molecule has 0 aliphatic carbocycles. The molecule has 0 heterocycles. The van der Waals surface area contributed by atoms with Crippen LogP contribution in [-0.2, 0) is 65.4 Å². The summed E-state index contributed by atoms with van der Waals surface area (Å²) in [5.41, 5.74) is 0. The van der Waals surface area contributed by atoms with E-state index in [1.165, 1.54) is 19.3 Å². The summed E-state index contributed by atoms with van der Waals surface area (Å²) in [5, 5.41) is 10.7. The Labute approximate surface area is 677 Å². The summed E-state index contributed by atoms with van der Waals surface area (Å²) in [5.74, 6) is -2.39. The van der Waals surface area contributed by atoms with Crippen molar-refractivity contribution in [3.8, 4) is 0 Å². The van der Waals surface area contributed by atoms with Gasteiger partial charge in [0.15, 0.2) is 12.2 Å². The molecule has 0 bridgehead atoms. The Morgan fingerprint density at radius 3 is 0.768 bits per heavy atom. The Kier molecular flexibility index (Phi) is 77.5. The lowest BCUT2D eigenvalue weighted by Gasteiger charge is -2.21. The summed E-state index contributed by atoms with van der Waals surface area (Å²) >= 11 is 0. The molecule has 0 fully saturated rings. The molecular formula is C93H146O17P2. The van der Waals surface area contributed by atoms with Crippen LogP contribution in [0.1, 0.15) is 285 Å². The van der Waals surface area contributed by atoms with E-state index < -0.39 is 97.5 Å². The van der Waals surface area contributed by atoms with Gasteiger partial charge in [0.2, 0.25) is 0 Å². The summed E-state index contributed by atoms with van der Waals surface area (Å²) in [7, 11) is -10.0. The maximum atomic E-state index is 13.1. The van der Waals surface area contributed by atoms with Crippen molar-refractivity contribution in [2.24, 2.45) is 0 Å².